The van der Waals surface area contributed by atoms with Gasteiger partial charge in [-0.3, -0.25) is 0 Å². The largest absolute Gasteiger partial charge is 2.00 e. The molecule has 0 bridgehead atoms. The summed E-state index contributed by atoms with van der Waals surface area (Å²) in [6.45, 7) is 0. The Balaban J connectivity index is -0.000000180. The summed E-state index contributed by atoms with van der Waals surface area (Å²) in [5.41, 5.74) is 0. The van der Waals surface area contributed by atoms with Crippen molar-refractivity contribution in [1.82, 2.24) is 0 Å². The maximum atomic E-state index is 10.5. The third kappa shape index (κ3) is 13.4. The Morgan fingerprint density at radius 1 is 0.733 bits per heavy atom. The fraction of sp³-hybridized carbons (Fsp3) is 0.500. The molecule has 0 atom stereocenters. The molecule has 15 heavy (non-hydrogen) atoms. The van der Waals surface area contributed by atoms with E-state index in [-0.39, 0.29) is 27.3 Å². The smallest absolute Gasteiger partial charge is 0.542 e. The molecule has 0 radical (unpaired) electrons. The van der Waals surface area contributed by atoms with Crippen molar-refractivity contribution in [3.63, 3.8) is 0 Å². The monoisotopic (exact) mass is 340 g/mol. The third-order valence-electron chi connectivity index (χ3n) is 0.463. The maximum Gasteiger partial charge on any atom is 2.00 e. The van der Waals surface area contributed by atoms with Gasteiger partial charge in [0.25, 0.3) is 0 Å². The number of carboxylic acids is 2. The average Bonchev–Trinajstić information content (AvgIpc) is 1.83. The van der Waals surface area contributed by atoms with Crippen molar-refractivity contribution in [3.8, 4) is 0 Å². The van der Waals surface area contributed by atoms with Crippen molar-refractivity contribution in [3.05, 3.63) is 0 Å². The fourth-order valence-electron chi connectivity index (χ4n) is 0. The predicted molar refractivity (Wildman–Crippen MR) is 22.1 cm³/mol. The zero-order valence-electron chi connectivity index (χ0n) is 6.61. The first-order valence-electron chi connectivity index (χ1n) is 2.45. The van der Waals surface area contributed by atoms with Crippen LogP contribution in [-0.2, 0) is 36.9 Å². The molecule has 0 N–H and O–H groups in total. The van der Waals surface area contributed by atoms with E-state index >= 15 is 0 Å². The molecule has 0 aromatic rings. The van der Waals surface area contributed by atoms with Gasteiger partial charge in [0.2, 0.25) is 0 Å². The van der Waals surface area contributed by atoms with Gasteiger partial charge in [0, 0.05) is 0 Å². The first kappa shape index (κ1) is 19.9. The Hall–Kier alpha value is -0.558. The van der Waals surface area contributed by atoms with E-state index in [1.165, 1.54) is 0 Å². The molecule has 0 spiro atoms. The van der Waals surface area contributed by atoms with Crippen LogP contribution in [0.2, 0.25) is 0 Å². The van der Waals surface area contributed by atoms with Crippen LogP contribution in [0.1, 0.15) is 0 Å². The van der Waals surface area contributed by atoms with E-state index in [4.69, 9.17) is 19.8 Å². The molecule has 0 fully saturated rings. The van der Waals surface area contributed by atoms with Crippen molar-refractivity contribution in [2.45, 2.75) is 12.4 Å². The van der Waals surface area contributed by atoms with Gasteiger partial charge in [0.15, 0.2) is 0 Å². The molecule has 0 aromatic carbocycles. The van der Waals surface area contributed by atoms with E-state index in [1.807, 2.05) is 0 Å². The molecule has 84 valence electrons. The van der Waals surface area contributed by atoms with Crippen molar-refractivity contribution >= 4 is 11.9 Å². The van der Waals surface area contributed by atoms with Gasteiger partial charge in [-0.15, -0.1) is 0 Å². The third-order valence-corrected chi connectivity index (χ3v) is 0.463. The minimum absolute atomic E-state index is 0. The minimum Gasteiger partial charge on any atom is -0.542 e. The number of rotatable bonds is 0. The molecule has 0 amide bonds. The van der Waals surface area contributed by atoms with Gasteiger partial charge in [0.1, 0.15) is 11.9 Å². The first-order valence-corrected chi connectivity index (χ1v) is 2.45. The van der Waals surface area contributed by atoms with Crippen LogP contribution >= 0.6 is 0 Å². The van der Waals surface area contributed by atoms with Crippen LogP contribution in [0.3, 0.4) is 0 Å². The van der Waals surface area contributed by atoms with Gasteiger partial charge in [0.05, 0.1) is 0 Å². The quantitative estimate of drug-likeness (QED) is 0.402. The van der Waals surface area contributed by atoms with E-state index in [2.05, 4.69) is 0 Å². The summed E-state index contributed by atoms with van der Waals surface area (Å²) in [5.74, 6) is -6.01. The summed E-state index contributed by atoms with van der Waals surface area (Å²) in [7, 11) is 0. The van der Waals surface area contributed by atoms with E-state index in [1.54, 1.807) is 0 Å². The second-order valence-electron chi connectivity index (χ2n) is 1.57. The summed E-state index contributed by atoms with van der Waals surface area (Å²) >= 11 is 0. The topological polar surface area (TPSA) is 80.3 Å². The Labute approximate surface area is 98.0 Å². The van der Waals surface area contributed by atoms with Gasteiger partial charge >= 0.3 is 39.7 Å². The van der Waals surface area contributed by atoms with Gasteiger partial charge in [-0.25, -0.2) is 0 Å². The number of carbonyl (C=O) groups is 2. The van der Waals surface area contributed by atoms with Gasteiger partial charge < -0.3 is 19.8 Å². The maximum absolute atomic E-state index is 10.5. The second-order valence-corrected chi connectivity index (χ2v) is 1.57. The summed E-state index contributed by atoms with van der Waals surface area (Å²) in [5, 5.41) is 17.6. The molecule has 0 saturated heterocycles. The van der Waals surface area contributed by atoms with Crippen LogP contribution in [0.5, 0.6) is 0 Å². The molecule has 0 unspecified atom stereocenters. The molecule has 0 aliphatic heterocycles. The minimum atomic E-state index is -5.19. The van der Waals surface area contributed by atoms with Crippen LogP contribution in [0.25, 0.3) is 0 Å². The van der Waals surface area contributed by atoms with E-state index in [9.17, 15) is 26.3 Å². The Kier molecular flexibility index (Phi) is 9.09. The molecular weight excluding hydrogens is 338 g/mol. The molecule has 0 saturated carbocycles. The van der Waals surface area contributed by atoms with Crippen molar-refractivity contribution in [1.29, 1.82) is 0 Å². The van der Waals surface area contributed by atoms with Gasteiger partial charge in [-0.05, 0) is 0 Å². The molecule has 0 heterocycles. The van der Waals surface area contributed by atoms with Crippen LogP contribution in [0, 0.1) is 0 Å². The van der Waals surface area contributed by atoms with Crippen molar-refractivity contribution in [2.75, 3.05) is 0 Å². The molecule has 11 heteroatoms. The summed E-state index contributed by atoms with van der Waals surface area (Å²) in [6, 6.07) is 0. The van der Waals surface area contributed by atoms with Crippen LogP contribution in [-0.4, -0.2) is 24.3 Å². The fourth-order valence-corrected chi connectivity index (χ4v) is 0. The summed E-state index contributed by atoms with van der Waals surface area (Å²) < 4.78 is 63.1. The molecule has 4 nitrogen and oxygen atoms in total. The van der Waals surface area contributed by atoms with Crippen LogP contribution < -0.4 is 10.2 Å². The number of hydrogen-bond acceptors (Lipinski definition) is 4. The first-order chi connectivity index (χ1) is 5.89. The SMILES string of the molecule is O=C([O-])C(F)(F)F.O=C([O-])C(F)(F)F.[Cd+2]. The summed E-state index contributed by atoms with van der Waals surface area (Å²) in [4.78, 5) is 17.6. The molecular formula is C4CdF6O4. The molecule has 0 aromatic heterocycles. The standard InChI is InChI=1S/2C2HF3O2.Cd/c2*3-2(4,5)1(6)7;/h2*(H,6,7);/q;;+2/p-2. The zero-order chi connectivity index (χ0) is 12.2. The number of carbonyl (C=O) groups excluding carboxylic acids is 2. The predicted octanol–water partition coefficient (Wildman–Crippen LogP) is -1.41. The molecule has 0 rings (SSSR count). The van der Waals surface area contributed by atoms with Crippen molar-refractivity contribution in [2.24, 2.45) is 0 Å². The Morgan fingerprint density at radius 2 is 0.800 bits per heavy atom. The number of aliphatic carboxylic acids is 2. The van der Waals surface area contributed by atoms with E-state index in [0.717, 1.165) is 0 Å². The number of alkyl halides is 6. The normalized spacial score (nSPS) is 10.5. The van der Waals surface area contributed by atoms with Crippen LogP contribution in [0.15, 0.2) is 0 Å². The number of halogens is 6. The van der Waals surface area contributed by atoms with Gasteiger partial charge in [-0.2, -0.15) is 26.3 Å². The van der Waals surface area contributed by atoms with E-state index in [0.29, 0.717) is 0 Å². The Bertz CT molecular complexity index is 196. The van der Waals surface area contributed by atoms with Gasteiger partial charge in [-0.1, -0.05) is 0 Å². The number of carboxylic acid groups (broad SMARTS) is 2. The van der Waals surface area contributed by atoms with E-state index < -0.39 is 24.3 Å². The van der Waals surface area contributed by atoms with Crippen LogP contribution in [0.4, 0.5) is 26.3 Å². The molecule has 0 aliphatic carbocycles. The zero-order valence-corrected chi connectivity index (χ0v) is 10.6. The van der Waals surface area contributed by atoms with Crippen molar-refractivity contribution < 1.29 is 73.4 Å². The Morgan fingerprint density at radius 3 is 0.800 bits per heavy atom. The number of hydrogen-bond donors (Lipinski definition) is 0. The molecule has 0 aliphatic rings. The summed E-state index contributed by atoms with van der Waals surface area (Å²) in [6.07, 6.45) is -10.4. The second kappa shape index (κ2) is 6.84. The average molecular weight is 338 g/mol.